The van der Waals surface area contributed by atoms with Crippen LogP contribution >= 0.6 is 0 Å². The highest BCUT2D eigenvalue weighted by atomic mass is 19.4. The molecule has 9 heteroatoms. The Hall–Kier alpha value is -2.10. The van der Waals surface area contributed by atoms with Crippen LogP contribution in [-0.4, -0.2) is 37.4 Å². The lowest BCUT2D eigenvalue weighted by atomic mass is 9.79. The molecule has 0 unspecified atom stereocenters. The van der Waals surface area contributed by atoms with Crippen molar-refractivity contribution in [2.45, 2.75) is 56.9 Å². The van der Waals surface area contributed by atoms with E-state index in [9.17, 15) is 26.3 Å². The average Bonchev–Trinajstić information content (AvgIpc) is 2.77. The van der Waals surface area contributed by atoms with Crippen LogP contribution < -0.4 is 0 Å². The summed E-state index contributed by atoms with van der Waals surface area (Å²) in [5.41, 5.74) is -1.91. The molecule has 2 aromatic rings. The molecule has 2 heterocycles. The van der Waals surface area contributed by atoms with Crippen LogP contribution in [0.15, 0.2) is 48.5 Å². The van der Waals surface area contributed by atoms with Gasteiger partial charge in [0.15, 0.2) is 6.29 Å². The summed E-state index contributed by atoms with van der Waals surface area (Å²) < 4.78 is 92.1. The molecule has 0 N–H and O–H groups in total. The molecule has 0 radical (unpaired) electrons. The number of ether oxygens (including phenoxy) is 2. The molecule has 192 valence electrons. The Kier molecular flexibility index (Phi) is 7.78. The molecule has 3 nitrogen and oxygen atoms in total. The maximum Gasteiger partial charge on any atom is 0.416 e. The molecule has 4 rings (SSSR count). The summed E-state index contributed by atoms with van der Waals surface area (Å²) in [5.74, 6) is 0.0396. The molecule has 2 saturated heterocycles. The summed E-state index contributed by atoms with van der Waals surface area (Å²) in [6, 6.07) is 11.2. The van der Waals surface area contributed by atoms with Gasteiger partial charge in [-0.2, -0.15) is 26.3 Å². The summed E-state index contributed by atoms with van der Waals surface area (Å²) in [4.78, 5) is 2.37. The van der Waals surface area contributed by atoms with Gasteiger partial charge >= 0.3 is 12.4 Å². The van der Waals surface area contributed by atoms with Gasteiger partial charge in [0.05, 0.1) is 23.8 Å². The molecule has 2 fully saturated rings. The average molecular weight is 502 g/mol. The van der Waals surface area contributed by atoms with E-state index in [1.54, 1.807) is 0 Å². The van der Waals surface area contributed by atoms with Crippen molar-refractivity contribution in [2.75, 3.05) is 26.2 Å². The molecule has 0 spiro atoms. The highest BCUT2D eigenvalue weighted by Gasteiger charge is 2.40. The molecule has 0 bridgehead atoms. The van der Waals surface area contributed by atoms with Crippen molar-refractivity contribution in [3.05, 3.63) is 70.8 Å². The van der Waals surface area contributed by atoms with Gasteiger partial charge in [-0.25, -0.2) is 0 Å². The highest BCUT2D eigenvalue weighted by Crippen LogP contribution is 2.42. The van der Waals surface area contributed by atoms with Crippen LogP contribution in [0, 0.1) is 5.92 Å². The molecule has 35 heavy (non-hydrogen) atoms. The first kappa shape index (κ1) is 26.0. The molecule has 0 amide bonds. The number of likely N-dealkylation sites (tertiary alicyclic amines) is 1. The second-order valence-electron chi connectivity index (χ2n) is 9.33. The molecule has 0 aliphatic carbocycles. The first-order valence-electron chi connectivity index (χ1n) is 11.9. The molecular formula is C26H29F6NO2. The zero-order valence-corrected chi connectivity index (χ0v) is 19.4. The molecule has 2 aliphatic rings. The molecule has 4 atom stereocenters. The summed E-state index contributed by atoms with van der Waals surface area (Å²) in [6.07, 6.45) is -8.73. The fraction of sp³-hybridized carbons (Fsp3) is 0.538. The second kappa shape index (κ2) is 10.5. The molecular weight excluding hydrogens is 472 g/mol. The minimum absolute atomic E-state index is 0.131. The lowest BCUT2D eigenvalue weighted by Crippen LogP contribution is -2.41. The number of hydrogen-bond donors (Lipinski definition) is 0. The van der Waals surface area contributed by atoms with Crippen molar-refractivity contribution in [1.29, 1.82) is 0 Å². The maximum absolute atomic E-state index is 13.3. The monoisotopic (exact) mass is 501 g/mol. The quantitative estimate of drug-likeness (QED) is 0.380. The van der Waals surface area contributed by atoms with Gasteiger partial charge in [0.25, 0.3) is 0 Å². The van der Waals surface area contributed by atoms with E-state index in [0.29, 0.717) is 6.61 Å². The van der Waals surface area contributed by atoms with Crippen LogP contribution in [0.4, 0.5) is 26.3 Å². The van der Waals surface area contributed by atoms with Crippen LogP contribution in [0.2, 0.25) is 0 Å². The van der Waals surface area contributed by atoms with E-state index in [-0.39, 0.29) is 23.5 Å². The van der Waals surface area contributed by atoms with E-state index in [0.717, 1.165) is 50.2 Å². The van der Waals surface area contributed by atoms with E-state index in [4.69, 9.17) is 9.47 Å². The number of nitrogens with zero attached hydrogens (tertiary/aromatic N) is 1. The maximum atomic E-state index is 13.3. The fourth-order valence-corrected chi connectivity index (χ4v) is 4.84. The lowest BCUT2D eigenvalue weighted by Gasteiger charge is -2.41. The van der Waals surface area contributed by atoms with Gasteiger partial charge in [0, 0.05) is 5.92 Å². The van der Waals surface area contributed by atoms with Gasteiger partial charge in [-0.3, -0.25) is 0 Å². The number of benzene rings is 2. The van der Waals surface area contributed by atoms with Crippen molar-refractivity contribution in [2.24, 2.45) is 5.92 Å². The Morgan fingerprint density at radius 2 is 1.60 bits per heavy atom. The fourth-order valence-electron chi connectivity index (χ4n) is 4.84. The Morgan fingerprint density at radius 3 is 2.14 bits per heavy atom. The number of halogens is 6. The van der Waals surface area contributed by atoms with Crippen LogP contribution in [0.25, 0.3) is 0 Å². The Balaban J connectivity index is 1.59. The Morgan fingerprint density at radius 1 is 0.971 bits per heavy atom. The van der Waals surface area contributed by atoms with E-state index in [1.165, 1.54) is 13.3 Å². The van der Waals surface area contributed by atoms with Crippen molar-refractivity contribution < 1.29 is 35.8 Å². The van der Waals surface area contributed by atoms with E-state index < -0.39 is 35.9 Å². The molecule has 0 aromatic heterocycles. The minimum atomic E-state index is -4.91. The van der Waals surface area contributed by atoms with Crippen molar-refractivity contribution in [3.8, 4) is 0 Å². The first-order chi connectivity index (χ1) is 16.5. The largest absolute Gasteiger partial charge is 0.416 e. The van der Waals surface area contributed by atoms with Gasteiger partial charge in [-0.15, -0.1) is 0 Å². The third-order valence-electron chi connectivity index (χ3n) is 6.94. The number of hydrogen-bond acceptors (Lipinski definition) is 3. The minimum Gasteiger partial charge on any atom is -0.352 e. The molecule has 2 aromatic carbocycles. The van der Waals surface area contributed by atoms with Gasteiger partial charge in [-0.1, -0.05) is 30.3 Å². The second-order valence-corrected chi connectivity index (χ2v) is 9.33. The number of alkyl halides is 6. The molecule has 0 saturated carbocycles. The first-order valence-corrected chi connectivity index (χ1v) is 11.9. The van der Waals surface area contributed by atoms with E-state index in [1.807, 2.05) is 30.3 Å². The zero-order chi connectivity index (χ0) is 25.2. The predicted octanol–water partition coefficient (Wildman–Crippen LogP) is 7.04. The predicted molar refractivity (Wildman–Crippen MR) is 119 cm³/mol. The smallest absolute Gasteiger partial charge is 0.352 e. The van der Waals surface area contributed by atoms with Gasteiger partial charge in [0.1, 0.15) is 0 Å². The lowest BCUT2D eigenvalue weighted by molar-refractivity contribution is -0.210. The standard InChI is InChI=1S/C26H29F6NO2/c1-17(20-14-21(25(27,28)29)16-22(15-20)26(30,31)32)35-24-23(18-6-3-2-4-7-18)19(9-13-34-24)8-12-33-10-5-11-33/h2-4,6-7,14-17,19,23-24H,5,8-13H2,1H3/t17-,19+,23-,24-/m1/s1. The normalized spacial score (nSPS) is 24.7. The summed E-state index contributed by atoms with van der Waals surface area (Å²) >= 11 is 0. The highest BCUT2D eigenvalue weighted by molar-refractivity contribution is 5.34. The zero-order valence-electron chi connectivity index (χ0n) is 19.4. The van der Waals surface area contributed by atoms with Gasteiger partial charge in [-0.05, 0) is 81.1 Å². The van der Waals surface area contributed by atoms with Crippen LogP contribution in [0.3, 0.4) is 0 Å². The van der Waals surface area contributed by atoms with Crippen molar-refractivity contribution in [3.63, 3.8) is 0 Å². The summed E-state index contributed by atoms with van der Waals surface area (Å²) in [5, 5.41) is 0. The number of rotatable bonds is 7. The van der Waals surface area contributed by atoms with E-state index >= 15 is 0 Å². The van der Waals surface area contributed by atoms with Crippen molar-refractivity contribution >= 4 is 0 Å². The van der Waals surface area contributed by atoms with Crippen molar-refractivity contribution in [1.82, 2.24) is 4.90 Å². The SMILES string of the molecule is C[C@@H](O[C@H]1OCC[C@H](CCN2CCC2)[C@H]1c1ccccc1)c1cc(C(F)(F)F)cc(C(F)(F)F)c1. The van der Waals surface area contributed by atoms with Crippen LogP contribution in [0.5, 0.6) is 0 Å². The molecule has 2 aliphatic heterocycles. The van der Waals surface area contributed by atoms with Gasteiger partial charge in [0.2, 0.25) is 0 Å². The van der Waals surface area contributed by atoms with Crippen LogP contribution in [0.1, 0.15) is 60.5 Å². The van der Waals surface area contributed by atoms with Gasteiger partial charge < -0.3 is 14.4 Å². The Labute approximate surface area is 201 Å². The topological polar surface area (TPSA) is 21.7 Å². The third-order valence-corrected chi connectivity index (χ3v) is 6.94. The third kappa shape index (κ3) is 6.37. The summed E-state index contributed by atoms with van der Waals surface area (Å²) in [7, 11) is 0. The van der Waals surface area contributed by atoms with E-state index in [2.05, 4.69) is 4.90 Å². The summed E-state index contributed by atoms with van der Waals surface area (Å²) in [6.45, 7) is 4.98. The van der Waals surface area contributed by atoms with Crippen LogP contribution in [-0.2, 0) is 21.8 Å². The Bertz CT molecular complexity index is 942.